The molecule has 11 nitrogen and oxygen atoms in total. The number of alkyl halides is 3. The van der Waals surface area contributed by atoms with Crippen LogP contribution in [0.4, 0.5) is 30.2 Å². The highest BCUT2D eigenvalue weighted by atomic mass is 19.4. The summed E-state index contributed by atoms with van der Waals surface area (Å²) in [6.45, 7) is 0. The standard InChI is InChI=1S/C22H14F3N5O6/c1-36-17-6-7-19-18(11-17)27-21(22(23,24)25)28(19)14-4-2-13(3-5-14)26-20(31)12-8-15(29(32)33)10-16(9-12)30(34)35/h2-11H,1H3,(H,26,31). The molecule has 3 aromatic carbocycles. The summed E-state index contributed by atoms with van der Waals surface area (Å²) in [5, 5.41) is 24.5. The van der Waals surface area contributed by atoms with Crippen molar-refractivity contribution in [2.75, 3.05) is 12.4 Å². The first-order valence-electron chi connectivity index (χ1n) is 9.97. The number of hydrogen-bond donors (Lipinski definition) is 1. The molecule has 0 aliphatic rings. The molecule has 0 bridgehead atoms. The normalized spacial score (nSPS) is 11.3. The van der Waals surface area contributed by atoms with E-state index in [9.17, 15) is 38.2 Å². The lowest BCUT2D eigenvalue weighted by Gasteiger charge is -2.12. The van der Waals surface area contributed by atoms with Gasteiger partial charge in [-0.25, -0.2) is 4.98 Å². The SMILES string of the molecule is COc1ccc2c(c1)nc(C(F)(F)F)n2-c1ccc(NC(=O)c2cc([N+](=O)[O-])cc([N+](=O)[O-])c2)cc1. The second-order valence-corrected chi connectivity index (χ2v) is 7.38. The highest BCUT2D eigenvalue weighted by molar-refractivity contribution is 6.05. The minimum atomic E-state index is -4.77. The number of carbonyl (C=O) groups is 1. The third-order valence-electron chi connectivity index (χ3n) is 5.08. The molecule has 1 heterocycles. The number of nitrogens with zero attached hydrogens (tertiary/aromatic N) is 4. The summed E-state index contributed by atoms with van der Waals surface area (Å²) in [6.07, 6.45) is -4.77. The van der Waals surface area contributed by atoms with E-state index in [1.165, 1.54) is 49.6 Å². The molecule has 0 radical (unpaired) electrons. The van der Waals surface area contributed by atoms with Gasteiger partial charge >= 0.3 is 6.18 Å². The number of nitro benzene ring substituents is 2. The zero-order valence-electron chi connectivity index (χ0n) is 18.1. The van der Waals surface area contributed by atoms with Crippen LogP contribution < -0.4 is 10.1 Å². The minimum Gasteiger partial charge on any atom is -0.497 e. The Morgan fingerprint density at radius 2 is 1.58 bits per heavy atom. The van der Waals surface area contributed by atoms with Crippen molar-refractivity contribution in [2.24, 2.45) is 0 Å². The second kappa shape index (κ2) is 8.98. The van der Waals surface area contributed by atoms with Crippen LogP contribution in [0.25, 0.3) is 16.7 Å². The first kappa shape index (κ1) is 24.1. The van der Waals surface area contributed by atoms with Gasteiger partial charge in [0.25, 0.3) is 17.3 Å². The molecule has 14 heteroatoms. The molecule has 0 unspecified atom stereocenters. The van der Waals surface area contributed by atoms with Crippen molar-refractivity contribution in [3.8, 4) is 11.4 Å². The molecular weight excluding hydrogens is 487 g/mol. The van der Waals surface area contributed by atoms with Crippen molar-refractivity contribution in [1.29, 1.82) is 0 Å². The van der Waals surface area contributed by atoms with Crippen LogP contribution in [0, 0.1) is 20.2 Å². The van der Waals surface area contributed by atoms with Gasteiger partial charge in [0.05, 0.1) is 39.6 Å². The van der Waals surface area contributed by atoms with Crippen LogP contribution in [0.15, 0.2) is 60.7 Å². The number of nitro groups is 2. The predicted molar refractivity (Wildman–Crippen MR) is 120 cm³/mol. The highest BCUT2D eigenvalue weighted by Crippen LogP contribution is 2.35. The van der Waals surface area contributed by atoms with Crippen LogP contribution in [0.1, 0.15) is 16.2 Å². The summed E-state index contributed by atoms with van der Waals surface area (Å²) in [7, 11) is 1.38. The van der Waals surface area contributed by atoms with Crippen molar-refractivity contribution < 1.29 is 32.5 Å². The third kappa shape index (κ3) is 4.64. The number of ether oxygens (including phenoxy) is 1. The zero-order valence-corrected chi connectivity index (χ0v) is 18.1. The number of methoxy groups -OCH3 is 1. The number of non-ortho nitro benzene ring substituents is 2. The number of anilines is 1. The number of hydrogen-bond acceptors (Lipinski definition) is 7. The Labute approximate surface area is 199 Å². The molecule has 0 saturated heterocycles. The Morgan fingerprint density at radius 1 is 0.972 bits per heavy atom. The molecule has 0 saturated carbocycles. The Morgan fingerprint density at radius 3 is 2.11 bits per heavy atom. The van der Waals surface area contributed by atoms with E-state index in [-0.39, 0.29) is 28.0 Å². The fourth-order valence-electron chi connectivity index (χ4n) is 3.47. The van der Waals surface area contributed by atoms with Gasteiger partial charge in [-0.1, -0.05) is 0 Å². The molecular formula is C22H14F3N5O6. The molecule has 4 rings (SSSR count). The number of benzene rings is 3. The third-order valence-corrected chi connectivity index (χ3v) is 5.08. The van der Waals surface area contributed by atoms with Gasteiger partial charge in [0, 0.05) is 29.6 Å². The minimum absolute atomic E-state index is 0.0614. The molecule has 0 aliphatic carbocycles. The van der Waals surface area contributed by atoms with Gasteiger partial charge in [-0.2, -0.15) is 13.2 Å². The molecule has 4 aromatic rings. The zero-order chi connectivity index (χ0) is 26.2. The molecule has 1 amide bonds. The van der Waals surface area contributed by atoms with Gasteiger partial charge < -0.3 is 10.1 Å². The van der Waals surface area contributed by atoms with E-state index >= 15 is 0 Å². The van der Waals surface area contributed by atoms with E-state index in [1.54, 1.807) is 0 Å². The molecule has 184 valence electrons. The lowest BCUT2D eigenvalue weighted by Crippen LogP contribution is -2.14. The molecule has 36 heavy (non-hydrogen) atoms. The number of imidazole rings is 1. The summed E-state index contributed by atoms with van der Waals surface area (Å²) in [5.41, 5.74) is -1.17. The van der Waals surface area contributed by atoms with Crippen molar-refractivity contribution >= 4 is 34.0 Å². The summed E-state index contributed by atoms with van der Waals surface area (Å²) < 4.78 is 47.1. The smallest absolute Gasteiger partial charge is 0.450 e. The summed E-state index contributed by atoms with van der Waals surface area (Å²) in [6, 6.07) is 12.0. The molecule has 0 atom stereocenters. The largest absolute Gasteiger partial charge is 0.497 e. The van der Waals surface area contributed by atoms with Gasteiger partial charge in [-0.3, -0.25) is 29.6 Å². The van der Waals surface area contributed by atoms with Crippen LogP contribution in [-0.2, 0) is 6.18 Å². The Kier molecular flexibility index (Phi) is 6.02. The fourth-order valence-corrected chi connectivity index (χ4v) is 3.47. The maximum Gasteiger partial charge on any atom is 0.450 e. The van der Waals surface area contributed by atoms with Crippen molar-refractivity contribution in [1.82, 2.24) is 9.55 Å². The number of fused-ring (bicyclic) bond motifs is 1. The van der Waals surface area contributed by atoms with Gasteiger partial charge in [0.1, 0.15) is 5.75 Å². The fraction of sp³-hybridized carbons (Fsp3) is 0.0909. The number of halogens is 3. The molecule has 0 aliphatic heterocycles. The molecule has 1 N–H and O–H groups in total. The average molecular weight is 501 g/mol. The summed E-state index contributed by atoms with van der Waals surface area (Å²) in [4.78, 5) is 36.6. The summed E-state index contributed by atoms with van der Waals surface area (Å²) >= 11 is 0. The van der Waals surface area contributed by atoms with Crippen LogP contribution in [0.3, 0.4) is 0 Å². The van der Waals surface area contributed by atoms with Crippen molar-refractivity contribution in [2.45, 2.75) is 6.18 Å². The van der Waals surface area contributed by atoms with Crippen molar-refractivity contribution in [3.05, 3.63) is 92.3 Å². The first-order valence-corrected chi connectivity index (χ1v) is 9.97. The van der Waals surface area contributed by atoms with Gasteiger partial charge in [0.2, 0.25) is 5.82 Å². The molecule has 1 aromatic heterocycles. The van der Waals surface area contributed by atoms with Gasteiger partial charge in [0.15, 0.2) is 0 Å². The molecule has 0 fully saturated rings. The summed E-state index contributed by atoms with van der Waals surface area (Å²) in [5.74, 6) is -1.71. The lowest BCUT2D eigenvalue weighted by atomic mass is 10.1. The Hall–Kier alpha value is -5.01. The van der Waals surface area contributed by atoms with Gasteiger partial charge in [-0.05, 0) is 36.4 Å². The van der Waals surface area contributed by atoms with Crippen LogP contribution in [-0.4, -0.2) is 32.4 Å². The first-order chi connectivity index (χ1) is 17.0. The quantitative estimate of drug-likeness (QED) is 0.285. The number of rotatable bonds is 6. The van der Waals surface area contributed by atoms with E-state index in [4.69, 9.17) is 4.74 Å². The van der Waals surface area contributed by atoms with Crippen LogP contribution in [0.5, 0.6) is 5.75 Å². The van der Waals surface area contributed by atoms with E-state index in [0.29, 0.717) is 5.75 Å². The average Bonchev–Trinajstić information content (AvgIpc) is 3.23. The van der Waals surface area contributed by atoms with Gasteiger partial charge in [-0.15, -0.1) is 0 Å². The topological polar surface area (TPSA) is 142 Å². The number of aromatic nitrogens is 2. The molecule has 0 spiro atoms. The van der Waals surface area contributed by atoms with Crippen LogP contribution >= 0.6 is 0 Å². The van der Waals surface area contributed by atoms with Crippen molar-refractivity contribution in [3.63, 3.8) is 0 Å². The Bertz CT molecular complexity index is 1480. The lowest BCUT2D eigenvalue weighted by molar-refractivity contribution is -0.394. The van der Waals surface area contributed by atoms with E-state index in [0.717, 1.165) is 22.8 Å². The van der Waals surface area contributed by atoms with Crippen LogP contribution in [0.2, 0.25) is 0 Å². The van der Waals surface area contributed by atoms with E-state index in [2.05, 4.69) is 10.3 Å². The van der Waals surface area contributed by atoms with E-state index < -0.39 is 39.1 Å². The highest BCUT2D eigenvalue weighted by Gasteiger charge is 2.38. The Balaban J connectivity index is 1.68. The number of amides is 1. The second-order valence-electron chi connectivity index (χ2n) is 7.38. The maximum absolute atomic E-state index is 13.7. The predicted octanol–water partition coefficient (Wildman–Crippen LogP) is 5.12. The number of carbonyl (C=O) groups excluding carboxylic acids is 1. The maximum atomic E-state index is 13.7. The monoisotopic (exact) mass is 501 g/mol. The van der Waals surface area contributed by atoms with E-state index in [1.807, 2.05) is 0 Å². The number of nitrogens with one attached hydrogen (secondary N) is 1.